The zero-order chi connectivity index (χ0) is 58.5. The lowest BCUT2D eigenvalue weighted by atomic mass is 10.0. The van der Waals surface area contributed by atoms with Gasteiger partial charge in [0, 0.05) is 19.3 Å². The second kappa shape index (κ2) is 69.1. The molecule has 0 aromatic heterocycles. The molecule has 1 unspecified atom stereocenters. The lowest BCUT2D eigenvalue weighted by molar-refractivity contribution is -0.167. The van der Waals surface area contributed by atoms with Crippen molar-refractivity contribution >= 4 is 17.9 Å². The number of hydrogen-bond acceptors (Lipinski definition) is 6. The van der Waals surface area contributed by atoms with Crippen molar-refractivity contribution in [3.63, 3.8) is 0 Å². The van der Waals surface area contributed by atoms with Gasteiger partial charge in [0.2, 0.25) is 0 Å². The SMILES string of the molecule is CCCCCC/C=C\CCCCCCCC(=O)OCC(COC(=O)CCCCCCCCCCCCCC/C=C\C/C=C\C/C=C\CCCCCCC)OC(=O)CCCCCCCCCC/C=C\C/C=C\C/C=C\CCCCCCC. The summed E-state index contributed by atoms with van der Waals surface area (Å²) in [6, 6.07) is 0. The molecule has 0 bridgehead atoms. The molecule has 0 amide bonds. The number of hydrogen-bond donors (Lipinski definition) is 0. The van der Waals surface area contributed by atoms with Crippen LogP contribution in [0.3, 0.4) is 0 Å². The molecule has 6 nitrogen and oxygen atoms in total. The molecule has 0 rings (SSSR count). The Balaban J connectivity index is 4.30. The zero-order valence-corrected chi connectivity index (χ0v) is 53.8. The first-order valence-corrected chi connectivity index (χ1v) is 35.1. The molecule has 0 heterocycles. The van der Waals surface area contributed by atoms with Gasteiger partial charge in [0.05, 0.1) is 0 Å². The molecule has 0 aromatic carbocycles. The summed E-state index contributed by atoms with van der Waals surface area (Å²) in [6.45, 7) is 6.63. The fraction of sp³-hybridized carbons (Fsp3) is 0.773. The summed E-state index contributed by atoms with van der Waals surface area (Å²) in [4.78, 5) is 38.4. The van der Waals surface area contributed by atoms with Crippen molar-refractivity contribution in [2.75, 3.05) is 13.2 Å². The van der Waals surface area contributed by atoms with Crippen molar-refractivity contribution in [3.8, 4) is 0 Å². The van der Waals surface area contributed by atoms with Crippen LogP contribution in [0.4, 0.5) is 0 Å². The minimum atomic E-state index is -0.787. The van der Waals surface area contributed by atoms with Gasteiger partial charge in [-0.1, -0.05) is 298 Å². The van der Waals surface area contributed by atoms with E-state index in [-0.39, 0.29) is 31.1 Å². The molecular weight excluding hydrogens is 997 g/mol. The first-order chi connectivity index (χ1) is 40.0. The topological polar surface area (TPSA) is 78.9 Å². The van der Waals surface area contributed by atoms with Gasteiger partial charge in [-0.3, -0.25) is 14.4 Å². The van der Waals surface area contributed by atoms with Crippen LogP contribution in [0.5, 0.6) is 0 Å². The largest absolute Gasteiger partial charge is 0.462 e. The highest BCUT2D eigenvalue weighted by atomic mass is 16.6. The minimum Gasteiger partial charge on any atom is -0.462 e. The van der Waals surface area contributed by atoms with Gasteiger partial charge in [-0.05, 0) is 122 Å². The van der Waals surface area contributed by atoms with Gasteiger partial charge in [-0.2, -0.15) is 0 Å². The van der Waals surface area contributed by atoms with E-state index in [0.717, 1.165) is 96.3 Å². The van der Waals surface area contributed by atoms with Gasteiger partial charge in [-0.25, -0.2) is 0 Å². The molecule has 0 N–H and O–H groups in total. The summed E-state index contributed by atoms with van der Waals surface area (Å²) < 4.78 is 17.0. The minimum absolute atomic E-state index is 0.0816. The molecule has 0 aliphatic heterocycles. The van der Waals surface area contributed by atoms with E-state index >= 15 is 0 Å². The summed E-state index contributed by atoms with van der Waals surface area (Å²) in [7, 11) is 0. The van der Waals surface area contributed by atoms with Gasteiger partial charge in [0.25, 0.3) is 0 Å². The van der Waals surface area contributed by atoms with Gasteiger partial charge in [0.1, 0.15) is 13.2 Å². The summed E-state index contributed by atoms with van der Waals surface area (Å²) in [5.74, 6) is -0.884. The van der Waals surface area contributed by atoms with Crippen LogP contribution in [0, 0.1) is 0 Å². The van der Waals surface area contributed by atoms with Crippen LogP contribution < -0.4 is 0 Å². The Bertz CT molecular complexity index is 1530. The monoisotopic (exact) mass is 1130 g/mol. The molecular formula is C75H132O6. The third kappa shape index (κ3) is 67.3. The van der Waals surface area contributed by atoms with Crippen molar-refractivity contribution in [1.82, 2.24) is 0 Å². The van der Waals surface area contributed by atoms with E-state index in [9.17, 15) is 14.4 Å². The Labute approximate surface area is 503 Å². The molecule has 0 aromatic rings. The molecule has 81 heavy (non-hydrogen) atoms. The van der Waals surface area contributed by atoms with E-state index in [1.54, 1.807) is 0 Å². The van der Waals surface area contributed by atoms with E-state index in [1.165, 1.54) is 218 Å². The first kappa shape index (κ1) is 77.6. The average Bonchev–Trinajstić information content (AvgIpc) is 3.46. The normalized spacial score (nSPS) is 12.6. The predicted molar refractivity (Wildman–Crippen MR) is 353 cm³/mol. The van der Waals surface area contributed by atoms with Crippen molar-refractivity contribution in [1.29, 1.82) is 0 Å². The first-order valence-electron chi connectivity index (χ1n) is 35.1. The molecule has 0 aliphatic rings. The second-order valence-corrected chi connectivity index (χ2v) is 23.4. The quantitative estimate of drug-likeness (QED) is 0.0261. The van der Waals surface area contributed by atoms with E-state index in [2.05, 4.69) is 106 Å². The number of carbonyl (C=O) groups is 3. The molecule has 0 fully saturated rings. The van der Waals surface area contributed by atoms with Crippen LogP contribution in [-0.4, -0.2) is 37.2 Å². The van der Waals surface area contributed by atoms with Crippen molar-refractivity contribution in [3.05, 3.63) is 85.1 Å². The lowest BCUT2D eigenvalue weighted by Crippen LogP contribution is -2.30. The van der Waals surface area contributed by atoms with Crippen LogP contribution in [0.2, 0.25) is 0 Å². The Morgan fingerprint density at radius 3 is 0.716 bits per heavy atom. The van der Waals surface area contributed by atoms with E-state index in [0.29, 0.717) is 19.3 Å². The molecule has 0 saturated heterocycles. The van der Waals surface area contributed by atoms with Gasteiger partial charge >= 0.3 is 17.9 Å². The molecule has 0 saturated carbocycles. The number of carbonyl (C=O) groups excluding carboxylic acids is 3. The van der Waals surface area contributed by atoms with E-state index in [1.807, 2.05) is 0 Å². The molecule has 6 heteroatoms. The van der Waals surface area contributed by atoms with Crippen LogP contribution >= 0.6 is 0 Å². The third-order valence-corrected chi connectivity index (χ3v) is 15.3. The maximum absolute atomic E-state index is 12.9. The molecule has 0 aliphatic carbocycles. The van der Waals surface area contributed by atoms with Crippen molar-refractivity contribution in [2.45, 2.75) is 361 Å². The number of unbranched alkanes of at least 4 members (excludes halogenated alkanes) is 39. The second-order valence-electron chi connectivity index (χ2n) is 23.4. The molecule has 0 radical (unpaired) electrons. The Morgan fingerprint density at radius 2 is 0.444 bits per heavy atom. The van der Waals surface area contributed by atoms with E-state index < -0.39 is 6.10 Å². The van der Waals surface area contributed by atoms with Gasteiger partial charge < -0.3 is 14.2 Å². The highest BCUT2D eigenvalue weighted by molar-refractivity contribution is 5.71. The zero-order valence-electron chi connectivity index (χ0n) is 53.8. The summed E-state index contributed by atoms with van der Waals surface area (Å²) in [6.07, 6.45) is 91.7. The Kier molecular flexibility index (Phi) is 66.2. The summed E-state index contributed by atoms with van der Waals surface area (Å²) >= 11 is 0. The Morgan fingerprint density at radius 1 is 0.247 bits per heavy atom. The van der Waals surface area contributed by atoms with E-state index in [4.69, 9.17) is 14.2 Å². The molecule has 1 atom stereocenters. The molecule has 0 spiro atoms. The Hall–Kier alpha value is -3.41. The smallest absolute Gasteiger partial charge is 0.306 e. The standard InChI is InChI=1S/C75H132O6/c1-4-7-10-13-16-19-22-25-27-29-31-33-35-36-37-38-40-41-43-45-47-50-53-56-59-62-65-68-74(77)80-71-72(70-79-73(76)67-64-61-58-55-52-49-24-21-18-15-12-9-6-3)81-75(78)69-66-63-60-57-54-51-48-46-44-42-39-34-32-30-28-26-23-20-17-14-11-8-5-2/h21-26,29-32,35-36,39,42,72H,4-20,27-28,33-34,37-38,40-41,43-71H2,1-3H3/b24-21-,25-22-,26-23-,31-29-,32-30-,36-35-,42-39-. The van der Waals surface area contributed by atoms with Gasteiger partial charge in [-0.15, -0.1) is 0 Å². The van der Waals surface area contributed by atoms with Crippen molar-refractivity contribution < 1.29 is 28.6 Å². The summed E-state index contributed by atoms with van der Waals surface area (Å²) in [5, 5.41) is 0. The predicted octanol–water partition coefficient (Wildman–Crippen LogP) is 24.2. The number of rotatable bonds is 64. The molecule has 468 valence electrons. The maximum Gasteiger partial charge on any atom is 0.306 e. The average molecular weight is 1130 g/mol. The van der Waals surface area contributed by atoms with Gasteiger partial charge in [0.15, 0.2) is 6.10 Å². The fourth-order valence-corrected chi connectivity index (χ4v) is 10.0. The highest BCUT2D eigenvalue weighted by Gasteiger charge is 2.19. The highest BCUT2D eigenvalue weighted by Crippen LogP contribution is 2.17. The van der Waals surface area contributed by atoms with Crippen LogP contribution in [0.1, 0.15) is 355 Å². The number of allylic oxidation sites excluding steroid dienone is 14. The number of esters is 3. The van der Waals surface area contributed by atoms with Crippen LogP contribution in [0.15, 0.2) is 85.1 Å². The number of ether oxygens (including phenoxy) is 3. The maximum atomic E-state index is 12.9. The summed E-state index contributed by atoms with van der Waals surface area (Å²) in [5.41, 5.74) is 0. The van der Waals surface area contributed by atoms with Crippen LogP contribution in [-0.2, 0) is 28.6 Å². The fourth-order valence-electron chi connectivity index (χ4n) is 10.0. The van der Waals surface area contributed by atoms with Crippen molar-refractivity contribution in [2.24, 2.45) is 0 Å². The van der Waals surface area contributed by atoms with Crippen LogP contribution in [0.25, 0.3) is 0 Å². The lowest BCUT2D eigenvalue weighted by Gasteiger charge is -2.18. The third-order valence-electron chi connectivity index (χ3n) is 15.3.